The summed E-state index contributed by atoms with van der Waals surface area (Å²) in [5.41, 5.74) is 0. The molecule has 0 heterocycles. The molecule has 0 aromatic rings. The molecule has 0 spiro atoms. The Balaban J connectivity index is -0.0000000731. The number of carboxylic acids is 3. The summed E-state index contributed by atoms with van der Waals surface area (Å²) in [5.74, 6) is -11.8. The molecule has 1 radical (unpaired) electrons. The molecule has 0 aliphatic rings. The standard InChI is InChI=1S/C5H5F3O2.3C2HF3O2.Ce.H2O/c1-3(9)2-4(10)5(6,7)8;3*3-2(4,5)1(6)7;;/h2H2,1H3;3*(H,6,7);;1H2/q;;;;+3;/p-3. The van der Waals surface area contributed by atoms with Crippen molar-refractivity contribution in [3.8, 4) is 0 Å². The first-order valence-electron chi connectivity index (χ1n) is 6.11. The molecule has 0 unspecified atom stereocenters. The van der Waals surface area contributed by atoms with Gasteiger partial charge in [-0.25, -0.2) is 0 Å². The molecule has 22 heteroatoms. The molecule has 0 aliphatic carbocycles. The van der Waals surface area contributed by atoms with Crippen LogP contribution in [0.25, 0.3) is 0 Å². The zero-order valence-corrected chi connectivity index (χ0v) is 18.1. The summed E-state index contributed by atoms with van der Waals surface area (Å²) in [4.78, 5) is 46.3. The van der Waals surface area contributed by atoms with Gasteiger partial charge in [0.2, 0.25) is 5.78 Å². The van der Waals surface area contributed by atoms with Gasteiger partial charge in [-0.3, -0.25) is 9.59 Å². The third-order valence-electron chi connectivity index (χ3n) is 1.42. The Kier molecular flexibility index (Phi) is 24.0. The normalized spacial score (nSPS) is 10.6. The average Bonchev–Trinajstić information content (AvgIpc) is 2.44. The fourth-order valence-electron chi connectivity index (χ4n) is 0.326. The van der Waals surface area contributed by atoms with Gasteiger partial charge in [0.1, 0.15) is 23.7 Å². The van der Waals surface area contributed by atoms with E-state index < -0.39 is 60.6 Å². The van der Waals surface area contributed by atoms with Gasteiger partial charge >= 0.3 is 66.5 Å². The van der Waals surface area contributed by atoms with Gasteiger partial charge in [-0.2, -0.15) is 52.7 Å². The largest absolute Gasteiger partial charge is 3.00 e. The van der Waals surface area contributed by atoms with Crippen molar-refractivity contribution >= 4 is 29.5 Å². The number of hydrogen-bond donors (Lipinski definition) is 0. The van der Waals surface area contributed by atoms with E-state index in [1.807, 2.05) is 0 Å². The smallest absolute Gasteiger partial charge is 0.542 e. The number of carbonyl (C=O) groups excluding carboxylic acids is 5. The van der Waals surface area contributed by atoms with Crippen LogP contribution >= 0.6 is 0 Å². The van der Waals surface area contributed by atoms with Gasteiger partial charge in [-0.05, 0) is 6.92 Å². The van der Waals surface area contributed by atoms with Crippen molar-refractivity contribution < 1.29 is 139 Å². The van der Waals surface area contributed by atoms with Crippen LogP contribution in [0.15, 0.2) is 0 Å². The van der Waals surface area contributed by atoms with Gasteiger partial charge in [0, 0.05) is 0 Å². The fourth-order valence-corrected chi connectivity index (χ4v) is 0.326. The molecule has 0 atom stereocenters. The fraction of sp³-hybridized carbons (Fsp3) is 0.545. The van der Waals surface area contributed by atoms with Gasteiger partial charge in [0.15, 0.2) is 0 Å². The Bertz CT molecular complexity index is 578. The molecule has 33 heavy (non-hydrogen) atoms. The van der Waals surface area contributed by atoms with E-state index >= 15 is 0 Å². The maximum absolute atomic E-state index is 11.3. The van der Waals surface area contributed by atoms with Crippen LogP contribution < -0.4 is 15.3 Å². The molecular formula is C11H7CeF12O9. The number of Topliss-reactive ketones (excluding diaryl/α,β-unsaturated/α-hetero) is 2. The van der Waals surface area contributed by atoms with E-state index in [-0.39, 0.29) is 47.2 Å². The molecule has 0 aromatic heterocycles. The summed E-state index contributed by atoms with van der Waals surface area (Å²) >= 11 is 0. The molecule has 9 nitrogen and oxygen atoms in total. The minimum absolute atomic E-state index is 0. The molecule has 0 saturated heterocycles. The van der Waals surface area contributed by atoms with E-state index in [0.29, 0.717) is 0 Å². The van der Waals surface area contributed by atoms with Crippen LogP contribution in [0.5, 0.6) is 0 Å². The molecule has 0 aliphatic heterocycles. The number of halogens is 12. The predicted molar refractivity (Wildman–Crippen MR) is 63.2 cm³/mol. The van der Waals surface area contributed by atoms with Crippen LogP contribution in [0.1, 0.15) is 13.3 Å². The van der Waals surface area contributed by atoms with Gasteiger partial charge in [0.05, 0.1) is 6.42 Å². The maximum atomic E-state index is 11.3. The Labute approximate surface area is 206 Å². The van der Waals surface area contributed by atoms with E-state index in [4.69, 9.17) is 29.7 Å². The van der Waals surface area contributed by atoms with Crippen LogP contribution in [-0.4, -0.2) is 59.7 Å². The quantitative estimate of drug-likeness (QED) is 0.247. The number of carboxylic acid groups (broad SMARTS) is 3. The summed E-state index contributed by atoms with van der Waals surface area (Å²) in [5, 5.41) is 26.4. The minimum Gasteiger partial charge on any atom is -0.542 e. The summed E-state index contributed by atoms with van der Waals surface area (Å²) in [6.45, 7) is 0.934. The molecule has 0 saturated carbocycles. The van der Waals surface area contributed by atoms with Crippen LogP contribution in [0.3, 0.4) is 0 Å². The van der Waals surface area contributed by atoms with Gasteiger partial charge in [-0.1, -0.05) is 0 Å². The monoisotopic (exact) mass is 651 g/mol. The van der Waals surface area contributed by atoms with E-state index in [2.05, 4.69) is 0 Å². The van der Waals surface area contributed by atoms with Crippen LogP contribution in [-0.2, 0) is 24.0 Å². The molecule has 2 N–H and O–H groups in total. The molecular weight excluding hydrogens is 644 g/mol. The van der Waals surface area contributed by atoms with Crippen LogP contribution in [0, 0.1) is 41.7 Å². The van der Waals surface area contributed by atoms with Gasteiger partial charge in [-0.15, -0.1) is 0 Å². The average molecular weight is 651 g/mol. The Morgan fingerprint density at radius 1 is 0.545 bits per heavy atom. The van der Waals surface area contributed by atoms with Crippen LogP contribution in [0.4, 0.5) is 52.7 Å². The van der Waals surface area contributed by atoms with Crippen molar-refractivity contribution in [3.05, 3.63) is 0 Å². The minimum atomic E-state index is -5.19. The first-order valence-corrected chi connectivity index (χ1v) is 6.11. The van der Waals surface area contributed by atoms with Crippen molar-refractivity contribution in [3.63, 3.8) is 0 Å². The SMILES string of the molecule is CC(=O)CC(=O)C(F)(F)F.O.O=C([O-])C(F)(F)F.O=C([O-])C(F)(F)F.O=C([O-])C(F)(F)F.[Ce+3]. The number of ketones is 2. The second-order valence-corrected chi connectivity index (χ2v) is 4.16. The molecule has 193 valence electrons. The van der Waals surface area contributed by atoms with Crippen molar-refractivity contribution in [2.24, 2.45) is 0 Å². The number of hydrogen-bond acceptors (Lipinski definition) is 8. The summed E-state index contributed by atoms with van der Waals surface area (Å²) < 4.78 is 129. The third-order valence-corrected chi connectivity index (χ3v) is 1.42. The topological polar surface area (TPSA) is 186 Å². The summed E-state index contributed by atoms with van der Waals surface area (Å²) in [6.07, 6.45) is -21.5. The van der Waals surface area contributed by atoms with E-state index in [1.165, 1.54) is 0 Å². The van der Waals surface area contributed by atoms with Crippen molar-refractivity contribution in [2.75, 3.05) is 0 Å². The number of rotatable bonds is 2. The summed E-state index contributed by atoms with van der Waals surface area (Å²) in [6, 6.07) is 0. The zero-order valence-electron chi connectivity index (χ0n) is 15.0. The third kappa shape index (κ3) is 35.0. The molecule has 0 rings (SSSR count). The Morgan fingerprint density at radius 2 is 0.697 bits per heavy atom. The predicted octanol–water partition coefficient (Wildman–Crippen LogP) is -1.83. The Hall–Kier alpha value is -1.75. The number of aliphatic carboxylic acids is 3. The Morgan fingerprint density at radius 3 is 0.727 bits per heavy atom. The summed E-state index contributed by atoms with van der Waals surface area (Å²) in [7, 11) is 0. The van der Waals surface area contributed by atoms with Crippen molar-refractivity contribution in [1.82, 2.24) is 0 Å². The second kappa shape index (κ2) is 17.7. The molecule has 0 amide bonds. The first kappa shape index (κ1) is 44.8. The molecule has 0 fully saturated rings. The first-order chi connectivity index (χ1) is 13.2. The number of carbonyl (C=O) groups is 5. The van der Waals surface area contributed by atoms with Crippen LogP contribution in [0.2, 0.25) is 0 Å². The van der Waals surface area contributed by atoms with Crippen molar-refractivity contribution in [1.29, 1.82) is 0 Å². The molecule has 0 aromatic carbocycles. The van der Waals surface area contributed by atoms with Crippen molar-refractivity contribution in [2.45, 2.75) is 38.0 Å². The molecule has 0 bridgehead atoms. The maximum Gasteiger partial charge on any atom is 3.00 e. The van der Waals surface area contributed by atoms with Gasteiger partial charge in [0.25, 0.3) is 0 Å². The van der Waals surface area contributed by atoms with E-state index in [0.717, 1.165) is 6.92 Å². The van der Waals surface area contributed by atoms with Gasteiger partial charge < -0.3 is 35.2 Å². The second-order valence-electron chi connectivity index (χ2n) is 4.16. The number of alkyl halides is 12. The van der Waals surface area contributed by atoms with E-state index in [1.54, 1.807) is 0 Å². The van der Waals surface area contributed by atoms with E-state index in [9.17, 15) is 62.3 Å². The zero-order chi connectivity index (χ0) is 26.6.